The third-order valence-electron chi connectivity index (χ3n) is 3.31. The summed E-state index contributed by atoms with van der Waals surface area (Å²) in [5.74, 6) is 0.830. The molecule has 1 aromatic heterocycles. The molecule has 0 saturated heterocycles. The van der Waals surface area contributed by atoms with Crippen LogP contribution in [0, 0.1) is 6.92 Å². The van der Waals surface area contributed by atoms with Crippen molar-refractivity contribution in [1.82, 2.24) is 19.8 Å². The monoisotopic (exact) mass is 308 g/mol. The lowest BCUT2D eigenvalue weighted by molar-refractivity contribution is 0.217. The molecule has 5 nitrogen and oxygen atoms in total. The topological polar surface area (TPSA) is 50.2 Å². The number of nitrogens with zero attached hydrogens (tertiary/aromatic N) is 3. The van der Waals surface area contributed by atoms with E-state index >= 15 is 0 Å². The van der Waals surface area contributed by atoms with Gasteiger partial charge in [-0.05, 0) is 31.5 Å². The maximum Gasteiger partial charge on any atom is 0.316 e. The average molecular weight is 309 g/mol. The Morgan fingerprint density at radius 2 is 2.19 bits per heavy atom. The second-order valence-corrected chi connectivity index (χ2v) is 6.01. The van der Waals surface area contributed by atoms with Crippen LogP contribution in [0.15, 0.2) is 18.2 Å². The molecule has 6 heteroatoms. The quantitative estimate of drug-likeness (QED) is 0.883. The first-order valence-corrected chi connectivity index (χ1v) is 7.40. The number of halogens is 1. The second kappa shape index (κ2) is 6.35. The molecule has 0 fully saturated rings. The van der Waals surface area contributed by atoms with E-state index in [2.05, 4.69) is 20.9 Å². The Kier molecular flexibility index (Phi) is 4.73. The van der Waals surface area contributed by atoms with Crippen LogP contribution < -0.4 is 5.32 Å². The minimum absolute atomic E-state index is 0.101. The van der Waals surface area contributed by atoms with Gasteiger partial charge in [0.15, 0.2) is 0 Å². The summed E-state index contributed by atoms with van der Waals surface area (Å²) in [4.78, 5) is 17.7. The number of hydrogen-bond acceptors (Lipinski definition) is 2. The molecule has 114 valence electrons. The van der Waals surface area contributed by atoms with Crippen molar-refractivity contribution in [2.45, 2.75) is 25.8 Å². The highest BCUT2D eigenvalue weighted by Gasteiger charge is 2.15. The Balaban J connectivity index is 2.26. The third-order valence-corrected chi connectivity index (χ3v) is 3.50. The van der Waals surface area contributed by atoms with Gasteiger partial charge in [-0.25, -0.2) is 9.78 Å². The molecule has 0 bridgehead atoms. The normalized spacial score (nSPS) is 12.4. The number of urea groups is 1. The standard InChI is InChI=1S/C15H21ClN4O/c1-10-5-6-12-13(9-10)20(14(18-12)11(2)16)8-7-17-15(21)19(3)4/h5-6,9,11H,7-8H2,1-4H3,(H,17,21). The molecule has 1 atom stereocenters. The molecule has 2 rings (SSSR count). The van der Waals surface area contributed by atoms with E-state index in [9.17, 15) is 4.79 Å². The second-order valence-electron chi connectivity index (χ2n) is 5.36. The molecule has 2 amide bonds. The first-order valence-electron chi connectivity index (χ1n) is 6.96. The van der Waals surface area contributed by atoms with Gasteiger partial charge < -0.3 is 14.8 Å². The van der Waals surface area contributed by atoms with E-state index < -0.39 is 0 Å². The highest BCUT2D eigenvalue weighted by molar-refractivity contribution is 6.20. The predicted molar refractivity (Wildman–Crippen MR) is 85.8 cm³/mol. The Bertz CT molecular complexity index is 648. The van der Waals surface area contributed by atoms with Gasteiger partial charge in [0.05, 0.1) is 16.4 Å². The van der Waals surface area contributed by atoms with Crippen LogP contribution in [0.4, 0.5) is 4.79 Å². The molecule has 1 heterocycles. The van der Waals surface area contributed by atoms with Crippen molar-refractivity contribution >= 4 is 28.7 Å². The molecular weight excluding hydrogens is 288 g/mol. The van der Waals surface area contributed by atoms with E-state index in [1.165, 1.54) is 10.5 Å². The molecule has 0 radical (unpaired) electrons. The van der Waals surface area contributed by atoms with Crippen molar-refractivity contribution < 1.29 is 4.79 Å². The van der Waals surface area contributed by atoms with Crippen LogP contribution in [0.1, 0.15) is 23.7 Å². The molecule has 21 heavy (non-hydrogen) atoms. The highest BCUT2D eigenvalue weighted by atomic mass is 35.5. The van der Waals surface area contributed by atoms with E-state index in [4.69, 9.17) is 11.6 Å². The molecule has 0 aliphatic heterocycles. The zero-order valence-corrected chi connectivity index (χ0v) is 13.6. The summed E-state index contributed by atoms with van der Waals surface area (Å²) in [6.45, 7) is 5.14. The number of rotatable bonds is 4. The third kappa shape index (κ3) is 3.47. The van der Waals surface area contributed by atoms with Gasteiger partial charge in [0.25, 0.3) is 0 Å². The van der Waals surface area contributed by atoms with Crippen molar-refractivity contribution in [3.8, 4) is 0 Å². The molecule has 0 spiro atoms. The highest BCUT2D eigenvalue weighted by Crippen LogP contribution is 2.25. The van der Waals surface area contributed by atoms with Gasteiger partial charge in [-0.3, -0.25) is 0 Å². The Morgan fingerprint density at radius 3 is 2.81 bits per heavy atom. The van der Waals surface area contributed by atoms with Gasteiger partial charge in [0, 0.05) is 27.2 Å². The lowest BCUT2D eigenvalue weighted by atomic mass is 10.2. The number of nitrogens with one attached hydrogen (secondary N) is 1. The van der Waals surface area contributed by atoms with E-state index in [1.807, 2.05) is 26.0 Å². The molecule has 2 aromatic rings. The smallest absolute Gasteiger partial charge is 0.316 e. The number of aryl methyl sites for hydroxylation is 1. The summed E-state index contributed by atoms with van der Waals surface area (Å²) >= 11 is 6.23. The van der Waals surface area contributed by atoms with Gasteiger partial charge in [-0.1, -0.05) is 6.07 Å². The fraction of sp³-hybridized carbons (Fsp3) is 0.467. The number of hydrogen-bond donors (Lipinski definition) is 1. The lowest BCUT2D eigenvalue weighted by Crippen LogP contribution is -2.36. The van der Waals surface area contributed by atoms with E-state index in [0.29, 0.717) is 13.1 Å². The average Bonchev–Trinajstić information content (AvgIpc) is 2.77. The largest absolute Gasteiger partial charge is 0.336 e. The number of aromatic nitrogens is 2. The molecule has 0 aliphatic rings. The fourth-order valence-corrected chi connectivity index (χ4v) is 2.39. The van der Waals surface area contributed by atoms with E-state index in [0.717, 1.165) is 16.9 Å². The van der Waals surface area contributed by atoms with Crippen LogP contribution in [-0.2, 0) is 6.54 Å². The van der Waals surface area contributed by atoms with Gasteiger partial charge in [-0.2, -0.15) is 0 Å². The first kappa shape index (κ1) is 15.6. The number of fused-ring (bicyclic) bond motifs is 1. The molecule has 1 aromatic carbocycles. The van der Waals surface area contributed by atoms with Gasteiger partial charge >= 0.3 is 6.03 Å². The Hall–Kier alpha value is -1.75. The Labute approximate surface area is 129 Å². The number of carbonyl (C=O) groups excluding carboxylic acids is 1. The molecule has 0 saturated carbocycles. The van der Waals surface area contributed by atoms with Gasteiger partial charge in [0.1, 0.15) is 5.82 Å². The summed E-state index contributed by atoms with van der Waals surface area (Å²) in [6.07, 6.45) is 0. The minimum atomic E-state index is -0.178. The number of amides is 2. The summed E-state index contributed by atoms with van der Waals surface area (Å²) in [6, 6.07) is 6.04. The van der Waals surface area contributed by atoms with Crippen LogP contribution in [0.5, 0.6) is 0 Å². The molecular formula is C15H21ClN4O. The van der Waals surface area contributed by atoms with Crippen LogP contribution in [-0.4, -0.2) is 41.1 Å². The van der Waals surface area contributed by atoms with Gasteiger partial charge in [-0.15, -0.1) is 11.6 Å². The van der Waals surface area contributed by atoms with Crippen LogP contribution in [0.3, 0.4) is 0 Å². The summed E-state index contributed by atoms with van der Waals surface area (Å²) < 4.78 is 2.08. The van der Waals surface area contributed by atoms with Crippen molar-refractivity contribution in [3.05, 3.63) is 29.6 Å². The van der Waals surface area contributed by atoms with Gasteiger partial charge in [0.2, 0.25) is 0 Å². The van der Waals surface area contributed by atoms with Crippen LogP contribution in [0.25, 0.3) is 11.0 Å². The Morgan fingerprint density at radius 1 is 1.48 bits per heavy atom. The first-order chi connectivity index (χ1) is 9.90. The van der Waals surface area contributed by atoms with Crippen LogP contribution in [0.2, 0.25) is 0 Å². The SMILES string of the molecule is Cc1ccc2nc(C(C)Cl)n(CCNC(=O)N(C)C)c2c1. The zero-order chi connectivity index (χ0) is 15.6. The maximum atomic E-state index is 11.6. The summed E-state index contributed by atoms with van der Waals surface area (Å²) in [5, 5.41) is 2.68. The number of benzene rings is 1. The van der Waals surface area contributed by atoms with Crippen molar-refractivity contribution in [1.29, 1.82) is 0 Å². The van der Waals surface area contributed by atoms with Crippen molar-refractivity contribution in [3.63, 3.8) is 0 Å². The molecule has 1 N–H and O–H groups in total. The molecule has 1 unspecified atom stereocenters. The maximum absolute atomic E-state index is 11.6. The van der Waals surface area contributed by atoms with Crippen molar-refractivity contribution in [2.75, 3.05) is 20.6 Å². The van der Waals surface area contributed by atoms with Crippen molar-refractivity contribution in [2.24, 2.45) is 0 Å². The van der Waals surface area contributed by atoms with E-state index in [-0.39, 0.29) is 11.4 Å². The predicted octanol–water partition coefficient (Wildman–Crippen LogP) is 2.92. The summed E-state index contributed by atoms with van der Waals surface area (Å²) in [5.41, 5.74) is 3.16. The number of carbonyl (C=O) groups is 1. The number of alkyl halides is 1. The zero-order valence-electron chi connectivity index (χ0n) is 12.9. The fourth-order valence-electron chi connectivity index (χ4n) is 2.22. The lowest BCUT2D eigenvalue weighted by Gasteiger charge is -2.14. The minimum Gasteiger partial charge on any atom is -0.336 e. The van der Waals surface area contributed by atoms with Crippen LogP contribution >= 0.6 is 11.6 Å². The van der Waals surface area contributed by atoms with E-state index in [1.54, 1.807) is 14.1 Å². The summed E-state index contributed by atoms with van der Waals surface area (Å²) in [7, 11) is 3.44. The number of imidazole rings is 1. The molecule has 0 aliphatic carbocycles.